The average molecular weight is 271 g/mol. The molecule has 0 saturated heterocycles. The van der Waals surface area contributed by atoms with Gasteiger partial charge >= 0.3 is 6.18 Å². The summed E-state index contributed by atoms with van der Waals surface area (Å²) in [7, 11) is 0. The van der Waals surface area contributed by atoms with Crippen molar-refractivity contribution in [1.29, 1.82) is 0 Å². The van der Waals surface area contributed by atoms with Crippen molar-refractivity contribution in [3.63, 3.8) is 0 Å². The van der Waals surface area contributed by atoms with Gasteiger partial charge in [-0.15, -0.1) is 0 Å². The summed E-state index contributed by atoms with van der Waals surface area (Å²) in [6.07, 6.45) is -0.812. The van der Waals surface area contributed by atoms with Crippen LogP contribution in [0.25, 0.3) is 0 Å². The summed E-state index contributed by atoms with van der Waals surface area (Å²) in [6.45, 7) is 2.04. The lowest BCUT2D eigenvalue weighted by molar-refractivity contribution is -0.184. The second kappa shape index (κ2) is 5.85. The van der Waals surface area contributed by atoms with Crippen LogP contribution in [0.5, 0.6) is 0 Å². The molecule has 1 nitrogen and oxygen atoms in total. The van der Waals surface area contributed by atoms with Crippen LogP contribution in [0.4, 0.5) is 18.9 Å². The minimum atomic E-state index is -4.10. The van der Waals surface area contributed by atoms with Crippen molar-refractivity contribution in [3.05, 3.63) is 29.8 Å². The van der Waals surface area contributed by atoms with Crippen molar-refractivity contribution >= 4 is 5.69 Å². The van der Waals surface area contributed by atoms with E-state index < -0.39 is 18.1 Å². The highest BCUT2D eigenvalue weighted by molar-refractivity contribution is 5.46. The zero-order chi connectivity index (χ0) is 13.9. The lowest BCUT2D eigenvalue weighted by Crippen LogP contribution is -2.41. The summed E-state index contributed by atoms with van der Waals surface area (Å²) in [5.74, 6) is -1.22. The number of nitrogens with one attached hydrogen (secondary N) is 1. The van der Waals surface area contributed by atoms with Crippen molar-refractivity contribution < 1.29 is 13.2 Å². The third-order valence-electron chi connectivity index (χ3n) is 3.87. The van der Waals surface area contributed by atoms with Crippen molar-refractivity contribution in [3.8, 4) is 0 Å². The molecule has 0 amide bonds. The van der Waals surface area contributed by atoms with Gasteiger partial charge in [-0.1, -0.05) is 31.9 Å². The number of benzene rings is 1. The number of rotatable bonds is 3. The Morgan fingerprint density at radius 3 is 2.63 bits per heavy atom. The molecular formula is C15H20F3N. The van der Waals surface area contributed by atoms with E-state index in [4.69, 9.17) is 0 Å². The molecule has 1 aromatic carbocycles. The maximum atomic E-state index is 13.0. The molecule has 1 aliphatic carbocycles. The first-order chi connectivity index (χ1) is 9.00. The van der Waals surface area contributed by atoms with Crippen LogP contribution in [0.2, 0.25) is 0 Å². The van der Waals surface area contributed by atoms with E-state index in [1.54, 1.807) is 0 Å². The van der Waals surface area contributed by atoms with Crippen LogP contribution in [0, 0.1) is 5.92 Å². The smallest absolute Gasteiger partial charge is 0.382 e. The number of aryl methyl sites for hydroxylation is 1. The van der Waals surface area contributed by atoms with E-state index in [2.05, 4.69) is 5.32 Å². The molecule has 2 atom stereocenters. The van der Waals surface area contributed by atoms with Gasteiger partial charge in [-0.25, -0.2) is 0 Å². The van der Waals surface area contributed by atoms with Gasteiger partial charge in [-0.2, -0.15) is 13.2 Å². The van der Waals surface area contributed by atoms with Crippen LogP contribution < -0.4 is 5.32 Å². The molecule has 0 spiro atoms. The van der Waals surface area contributed by atoms with Gasteiger partial charge in [0.25, 0.3) is 0 Å². The standard InChI is InChI=1S/C15H20F3N/c1-2-11-6-5-7-12(10-11)19-14-9-4-3-8-13(14)15(16,17)18/h5-7,10,13-14,19H,2-4,8-9H2,1H3. The third-order valence-corrected chi connectivity index (χ3v) is 3.87. The summed E-state index contributed by atoms with van der Waals surface area (Å²) in [5.41, 5.74) is 1.95. The van der Waals surface area contributed by atoms with Gasteiger partial charge in [0.1, 0.15) is 0 Å². The Bertz CT molecular complexity index is 414. The lowest BCUT2D eigenvalue weighted by Gasteiger charge is -2.34. The molecule has 106 valence electrons. The van der Waals surface area contributed by atoms with Crippen molar-refractivity contribution in [2.45, 2.75) is 51.2 Å². The highest BCUT2D eigenvalue weighted by Crippen LogP contribution is 2.39. The highest BCUT2D eigenvalue weighted by atomic mass is 19.4. The van der Waals surface area contributed by atoms with E-state index in [0.717, 1.165) is 24.1 Å². The molecule has 0 bridgehead atoms. The molecule has 1 N–H and O–H groups in total. The molecule has 1 fully saturated rings. The fraction of sp³-hybridized carbons (Fsp3) is 0.600. The molecule has 1 saturated carbocycles. The Morgan fingerprint density at radius 2 is 1.95 bits per heavy atom. The second-order valence-corrected chi connectivity index (χ2v) is 5.24. The van der Waals surface area contributed by atoms with E-state index in [9.17, 15) is 13.2 Å². The minimum absolute atomic E-state index is 0.245. The first kappa shape index (κ1) is 14.2. The van der Waals surface area contributed by atoms with E-state index in [0.29, 0.717) is 12.8 Å². The maximum absolute atomic E-state index is 13.0. The number of anilines is 1. The van der Waals surface area contributed by atoms with Crippen LogP contribution in [0.15, 0.2) is 24.3 Å². The monoisotopic (exact) mass is 271 g/mol. The number of hydrogen-bond donors (Lipinski definition) is 1. The Kier molecular flexibility index (Phi) is 4.38. The number of alkyl halides is 3. The summed E-state index contributed by atoms with van der Waals surface area (Å²) >= 11 is 0. The fourth-order valence-electron chi connectivity index (χ4n) is 2.79. The average Bonchev–Trinajstić information content (AvgIpc) is 2.38. The van der Waals surface area contributed by atoms with Crippen LogP contribution in [0.1, 0.15) is 38.2 Å². The van der Waals surface area contributed by atoms with Crippen LogP contribution in [0.3, 0.4) is 0 Å². The molecule has 4 heteroatoms. The van der Waals surface area contributed by atoms with Gasteiger partial charge in [0.05, 0.1) is 5.92 Å². The maximum Gasteiger partial charge on any atom is 0.393 e. The van der Waals surface area contributed by atoms with Crippen molar-refractivity contribution in [2.75, 3.05) is 5.32 Å². The van der Waals surface area contributed by atoms with Gasteiger partial charge in [0.15, 0.2) is 0 Å². The molecule has 1 aromatic rings. The number of halogens is 3. The quantitative estimate of drug-likeness (QED) is 0.834. The second-order valence-electron chi connectivity index (χ2n) is 5.24. The van der Waals surface area contributed by atoms with E-state index in [1.165, 1.54) is 0 Å². The topological polar surface area (TPSA) is 12.0 Å². The molecule has 0 heterocycles. The normalized spacial score (nSPS) is 24.2. The van der Waals surface area contributed by atoms with Crippen LogP contribution >= 0.6 is 0 Å². The molecule has 0 aliphatic heterocycles. The summed E-state index contributed by atoms with van der Waals surface area (Å²) in [4.78, 5) is 0. The lowest BCUT2D eigenvalue weighted by atomic mass is 9.84. The van der Waals surface area contributed by atoms with Gasteiger partial charge in [-0.05, 0) is 37.0 Å². The van der Waals surface area contributed by atoms with Gasteiger partial charge < -0.3 is 5.32 Å². The van der Waals surface area contributed by atoms with Gasteiger partial charge in [0.2, 0.25) is 0 Å². The highest BCUT2D eigenvalue weighted by Gasteiger charge is 2.45. The Labute approximate surface area is 112 Å². The molecule has 2 rings (SSSR count). The van der Waals surface area contributed by atoms with Crippen molar-refractivity contribution in [2.24, 2.45) is 5.92 Å². The van der Waals surface area contributed by atoms with Gasteiger partial charge in [-0.3, -0.25) is 0 Å². The Hall–Kier alpha value is -1.19. The number of hydrogen-bond acceptors (Lipinski definition) is 1. The van der Waals surface area contributed by atoms with E-state index in [-0.39, 0.29) is 6.42 Å². The molecule has 0 radical (unpaired) electrons. The predicted octanol–water partition coefficient (Wildman–Crippen LogP) is 4.78. The van der Waals surface area contributed by atoms with Crippen molar-refractivity contribution in [1.82, 2.24) is 0 Å². The molecular weight excluding hydrogens is 251 g/mol. The van der Waals surface area contributed by atoms with Crippen LogP contribution in [-0.2, 0) is 6.42 Å². The minimum Gasteiger partial charge on any atom is -0.382 e. The molecule has 19 heavy (non-hydrogen) atoms. The largest absolute Gasteiger partial charge is 0.393 e. The fourth-order valence-corrected chi connectivity index (χ4v) is 2.79. The van der Waals surface area contributed by atoms with Gasteiger partial charge in [0, 0.05) is 11.7 Å². The summed E-state index contributed by atoms with van der Waals surface area (Å²) in [6, 6.07) is 7.20. The summed E-state index contributed by atoms with van der Waals surface area (Å²) < 4.78 is 39.0. The zero-order valence-corrected chi connectivity index (χ0v) is 11.1. The van der Waals surface area contributed by atoms with Crippen LogP contribution in [-0.4, -0.2) is 12.2 Å². The zero-order valence-electron chi connectivity index (χ0n) is 11.1. The Balaban J connectivity index is 2.10. The first-order valence-corrected chi connectivity index (χ1v) is 6.93. The van der Waals surface area contributed by atoms with E-state index >= 15 is 0 Å². The summed E-state index contributed by atoms with van der Waals surface area (Å²) in [5, 5.41) is 3.09. The SMILES string of the molecule is CCc1cccc(NC2CCCCC2C(F)(F)F)c1. The molecule has 1 aliphatic rings. The first-order valence-electron chi connectivity index (χ1n) is 6.93. The predicted molar refractivity (Wildman–Crippen MR) is 71.2 cm³/mol. The molecule has 0 aromatic heterocycles. The third kappa shape index (κ3) is 3.64. The van der Waals surface area contributed by atoms with E-state index in [1.807, 2.05) is 31.2 Å². The molecule has 2 unspecified atom stereocenters. The Morgan fingerprint density at radius 1 is 1.21 bits per heavy atom.